The Hall–Kier alpha value is -1.02. The van der Waals surface area contributed by atoms with Crippen molar-refractivity contribution in [2.24, 2.45) is 0 Å². The van der Waals surface area contributed by atoms with Crippen LogP contribution in [0.4, 0.5) is 5.69 Å². The molecule has 0 aliphatic carbocycles. The van der Waals surface area contributed by atoms with Gasteiger partial charge in [0, 0.05) is 18.3 Å². The maximum Gasteiger partial charge on any atom is 0.0340 e. The van der Waals surface area contributed by atoms with Crippen molar-refractivity contribution in [2.75, 3.05) is 18.4 Å². The number of anilines is 1. The highest BCUT2D eigenvalue weighted by atomic mass is 14.9. The van der Waals surface area contributed by atoms with Gasteiger partial charge in [-0.15, -0.1) is 0 Å². The van der Waals surface area contributed by atoms with E-state index in [1.165, 1.54) is 37.9 Å². The lowest BCUT2D eigenvalue weighted by molar-refractivity contribution is 0.389. The van der Waals surface area contributed by atoms with Crippen molar-refractivity contribution in [3.63, 3.8) is 0 Å². The normalized spacial score (nSPS) is 21.2. The molecule has 0 bridgehead atoms. The van der Waals surface area contributed by atoms with Crippen LogP contribution in [0.1, 0.15) is 25.7 Å². The summed E-state index contributed by atoms with van der Waals surface area (Å²) in [5.74, 6) is 0. The predicted molar refractivity (Wildman–Crippen MR) is 65.2 cm³/mol. The Labute approximate surface area is 92.1 Å². The van der Waals surface area contributed by atoms with Gasteiger partial charge in [0.2, 0.25) is 0 Å². The second kappa shape index (κ2) is 5.76. The van der Waals surface area contributed by atoms with E-state index >= 15 is 0 Å². The second-order valence-electron chi connectivity index (χ2n) is 4.23. The van der Waals surface area contributed by atoms with Gasteiger partial charge in [0.25, 0.3) is 0 Å². The van der Waals surface area contributed by atoms with Gasteiger partial charge < -0.3 is 10.6 Å². The van der Waals surface area contributed by atoms with Crippen LogP contribution >= 0.6 is 0 Å². The average Bonchev–Trinajstić information content (AvgIpc) is 2.32. The molecule has 1 aromatic carbocycles. The van der Waals surface area contributed by atoms with Crippen LogP contribution in [0.5, 0.6) is 0 Å². The first-order valence-corrected chi connectivity index (χ1v) is 5.97. The molecule has 1 heterocycles. The summed E-state index contributed by atoms with van der Waals surface area (Å²) in [6, 6.07) is 11.2. The van der Waals surface area contributed by atoms with Crippen LogP contribution in [0.15, 0.2) is 30.3 Å². The minimum absolute atomic E-state index is 0.731. The molecular formula is C13H20N2. The average molecular weight is 204 g/mol. The molecule has 0 saturated carbocycles. The van der Waals surface area contributed by atoms with E-state index in [4.69, 9.17) is 0 Å². The first-order valence-electron chi connectivity index (χ1n) is 5.97. The Morgan fingerprint density at radius 1 is 1.20 bits per heavy atom. The van der Waals surface area contributed by atoms with Gasteiger partial charge in [-0.25, -0.2) is 0 Å². The summed E-state index contributed by atoms with van der Waals surface area (Å²) in [6.07, 6.45) is 5.32. The van der Waals surface area contributed by atoms with E-state index in [2.05, 4.69) is 34.9 Å². The molecule has 2 rings (SSSR count). The van der Waals surface area contributed by atoms with Gasteiger partial charge in [-0.1, -0.05) is 24.6 Å². The van der Waals surface area contributed by atoms with Crippen molar-refractivity contribution in [3.05, 3.63) is 30.3 Å². The van der Waals surface area contributed by atoms with Crippen LogP contribution < -0.4 is 10.6 Å². The molecule has 0 spiro atoms. The van der Waals surface area contributed by atoms with Crippen LogP contribution in [0, 0.1) is 0 Å². The first-order chi connectivity index (χ1) is 7.45. The van der Waals surface area contributed by atoms with Crippen molar-refractivity contribution in [1.29, 1.82) is 0 Å². The molecular weight excluding hydrogens is 184 g/mol. The molecule has 1 fully saturated rings. The Bertz CT molecular complexity index is 265. The fraction of sp³-hybridized carbons (Fsp3) is 0.538. The summed E-state index contributed by atoms with van der Waals surface area (Å²) in [6.45, 7) is 2.28. The summed E-state index contributed by atoms with van der Waals surface area (Å²) in [4.78, 5) is 0. The summed E-state index contributed by atoms with van der Waals surface area (Å²) < 4.78 is 0. The van der Waals surface area contributed by atoms with Crippen LogP contribution in [0.2, 0.25) is 0 Å². The summed E-state index contributed by atoms with van der Waals surface area (Å²) in [5.41, 5.74) is 1.23. The smallest absolute Gasteiger partial charge is 0.0340 e. The number of hydrogen-bond acceptors (Lipinski definition) is 2. The molecule has 2 heteroatoms. The van der Waals surface area contributed by atoms with Gasteiger partial charge in [-0.2, -0.15) is 0 Å². The second-order valence-corrected chi connectivity index (χ2v) is 4.23. The van der Waals surface area contributed by atoms with Crippen molar-refractivity contribution < 1.29 is 0 Å². The fourth-order valence-corrected chi connectivity index (χ4v) is 2.12. The Balaban J connectivity index is 1.66. The van der Waals surface area contributed by atoms with E-state index in [1.807, 2.05) is 6.07 Å². The quantitative estimate of drug-likeness (QED) is 0.788. The van der Waals surface area contributed by atoms with Gasteiger partial charge in [0.15, 0.2) is 0 Å². The lowest BCUT2D eigenvalue weighted by Gasteiger charge is -2.23. The van der Waals surface area contributed by atoms with E-state index < -0.39 is 0 Å². The number of rotatable bonds is 4. The Morgan fingerprint density at radius 3 is 2.80 bits per heavy atom. The number of benzene rings is 1. The number of piperidine rings is 1. The minimum atomic E-state index is 0.731. The van der Waals surface area contributed by atoms with E-state index in [0.717, 1.165) is 12.6 Å². The molecule has 0 radical (unpaired) electrons. The zero-order chi connectivity index (χ0) is 10.3. The summed E-state index contributed by atoms with van der Waals surface area (Å²) in [5, 5.41) is 7.02. The molecule has 2 nitrogen and oxygen atoms in total. The van der Waals surface area contributed by atoms with Gasteiger partial charge >= 0.3 is 0 Å². The highest BCUT2D eigenvalue weighted by Crippen LogP contribution is 2.11. The largest absolute Gasteiger partial charge is 0.385 e. The third-order valence-electron chi connectivity index (χ3n) is 3.01. The Morgan fingerprint density at radius 2 is 2.07 bits per heavy atom. The lowest BCUT2D eigenvalue weighted by atomic mass is 10.0. The third-order valence-corrected chi connectivity index (χ3v) is 3.01. The maximum absolute atomic E-state index is 3.57. The Kier molecular flexibility index (Phi) is 4.03. The molecule has 1 aromatic rings. The topological polar surface area (TPSA) is 24.1 Å². The van der Waals surface area contributed by atoms with Gasteiger partial charge in [-0.05, 0) is 37.9 Å². The monoisotopic (exact) mass is 204 g/mol. The standard InChI is InChI=1S/C13H20N2/c1-2-6-12(7-3-1)15-11-9-13-8-4-5-10-14-13/h1-3,6-7,13-15H,4-5,8-11H2. The number of para-hydroxylation sites is 1. The number of nitrogens with one attached hydrogen (secondary N) is 2. The van der Waals surface area contributed by atoms with Crippen molar-refractivity contribution in [3.8, 4) is 0 Å². The molecule has 0 aromatic heterocycles. The molecule has 15 heavy (non-hydrogen) atoms. The molecule has 1 atom stereocenters. The van der Waals surface area contributed by atoms with Crippen molar-refractivity contribution in [1.82, 2.24) is 5.32 Å². The molecule has 1 aliphatic heterocycles. The van der Waals surface area contributed by atoms with Gasteiger partial charge in [0.05, 0.1) is 0 Å². The van der Waals surface area contributed by atoms with E-state index in [1.54, 1.807) is 0 Å². The molecule has 0 amide bonds. The zero-order valence-electron chi connectivity index (χ0n) is 9.21. The minimum Gasteiger partial charge on any atom is -0.385 e. The van der Waals surface area contributed by atoms with Crippen LogP contribution in [0.25, 0.3) is 0 Å². The molecule has 1 saturated heterocycles. The van der Waals surface area contributed by atoms with E-state index in [9.17, 15) is 0 Å². The SMILES string of the molecule is c1ccc(NCCC2CCCCN2)cc1. The summed E-state index contributed by atoms with van der Waals surface area (Å²) in [7, 11) is 0. The number of hydrogen-bond donors (Lipinski definition) is 2. The van der Waals surface area contributed by atoms with Gasteiger partial charge in [0.1, 0.15) is 0 Å². The van der Waals surface area contributed by atoms with Crippen LogP contribution in [-0.4, -0.2) is 19.1 Å². The van der Waals surface area contributed by atoms with Crippen molar-refractivity contribution >= 4 is 5.69 Å². The van der Waals surface area contributed by atoms with E-state index in [-0.39, 0.29) is 0 Å². The van der Waals surface area contributed by atoms with Crippen LogP contribution in [-0.2, 0) is 0 Å². The van der Waals surface area contributed by atoms with E-state index in [0.29, 0.717) is 0 Å². The maximum atomic E-state index is 3.57. The van der Waals surface area contributed by atoms with Crippen LogP contribution in [0.3, 0.4) is 0 Å². The first kappa shape index (κ1) is 10.5. The summed E-state index contributed by atoms with van der Waals surface area (Å²) >= 11 is 0. The molecule has 1 unspecified atom stereocenters. The van der Waals surface area contributed by atoms with Gasteiger partial charge in [-0.3, -0.25) is 0 Å². The molecule has 82 valence electrons. The lowest BCUT2D eigenvalue weighted by Crippen LogP contribution is -2.35. The predicted octanol–water partition coefficient (Wildman–Crippen LogP) is 2.63. The third kappa shape index (κ3) is 3.56. The molecule has 1 aliphatic rings. The highest BCUT2D eigenvalue weighted by Gasteiger charge is 2.11. The highest BCUT2D eigenvalue weighted by molar-refractivity contribution is 5.42. The zero-order valence-corrected chi connectivity index (χ0v) is 9.21. The van der Waals surface area contributed by atoms with Crippen molar-refractivity contribution in [2.45, 2.75) is 31.7 Å². The fourth-order valence-electron chi connectivity index (χ4n) is 2.12. The molecule has 2 N–H and O–H groups in total.